The molecule has 0 spiro atoms. The van der Waals surface area contributed by atoms with Crippen molar-refractivity contribution in [2.75, 3.05) is 19.7 Å². The van der Waals surface area contributed by atoms with E-state index in [1.54, 1.807) is 0 Å². The predicted molar refractivity (Wildman–Crippen MR) is 191 cm³/mol. The van der Waals surface area contributed by atoms with Crippen LogP contribution in [0.15, 0.2) is 77.3 Å². The fourth-order valence-electron chi connectivity index (χ4n) is 7.94. The number of aryl methyl sites for hydroxylation is 1. The highest BCUT2D eigenvalue weighted by Gasteiger charge is 2.52. The van der Waals surface area contributed by atoms with E-state index in [0.29, 0.717) is 42.5 Å². The number of aliphatic hydroxyl groups is 1. The molecule has 1 amide bonds. The van der Waals surface area contributed by atoms with Gasteiger partial charge in [-0.25, -0.2) is 4.79 Å². The van der Waals surface area contributed by atoms with E-state index in [9.17, 15) is 15.0 Å². The molecule has 4 aromatic rings. The molecule has 48 heavy (non-hydrogen) atoms. The zero-order chi connectivity index (χ0) is 33.7. The molecule has 6 rings (SSSR count). The maximum absolute atomic E-state index is 11.3. The first-order valence-electron chi connectivity index (χ1n) is 17.6. The molecule has 0 bridgehead atoms. The number of piperidine rings is 1. The number of rotatable bonds is 11. The molecule has 3 aromatic carbocycles. The molecule has 2 heterocycles. The summed E-state index contributed by atoms with van der Waals surface area (Å²) >= 11 is 0. The van der Waals surface area contributed by atoms with Gasteiger partial charge in [0.1, 0.15) is 5.75 Å². The van der Waals surface area contributed by atoms with E-state index in [4.69, 9.17) is 13.7 Å². The van der Waals surface area contributed by atoms with Crippen LogP contribution in [0.4, 0.5) is 4.79 Å². The summed E-state index contributed by atoms with van der Waals surface area (Å²) in [5.41, 5.74) is 2.08. The number of amides is 1. The van der Waals surface area contributed by atoms with Gasteiger partial charge in [0.25, 0.3) is 8.32 Å². The molecule has 2 aliphatic rings. The molecule has 8 nitrogen and oxygen atoms in total. The summed E-state index contributed by atoms with van der Waals surface area (Å²) in [4.78, 5) is 12.8. The van der Waals surface area contributed by atoms with Gasteiger partial charge < -0.3 is 28.8 Å². The highest BCUT2D eigenvalue weighted by atomic mass is 28.4. The Morgan fingerprint density at radius 2 is 1.58 bits per heavy atom. The van der Waals surface area contributed by atoms with Gasteiger partial charge in [0.2, 0.25) is 0 Å². The zero-order valence-corrected chi connectivity index (χ0v) is 29.6. The Kier molecular flexibility index (Phi) is 10.6. The van der Waals surface area contributed by atoms with Crippen molar-refractivity contribution in [1.29, 1.82) is 0 Å². The van der Waals surface area contributed by atoms with E-state index in [0.717, 1.165) is 62.4 Å². The molecule has 1 aliphatic heterocycles. The maximum atomic E-state index is 11.3. The van der Waals surface area contributed by atoms with Crippen molar-refractivity contribution < 1.29 is 28.7 Å². The van der Waals surface area contributed by atoms with Gasteiger partial charge in [0, 0.05) is 24.4 Å². The molecule has 2 N–H and O–H groups in total. The van der Waals surface area contributed by atoms with Crippen molar-refractivity contribution in [3.05, 3.63) is 84.1 Å². The predicted octanol–water partition coefficient (Wildman–Crippen LogP) is 7.16. The molecule has 1 saturated carbocycles. The van der Waals surface area contributed by atoms with E-state index in [1.807, 2.05) is 12.1 Å². The smallest absolute Gasteiger partial charge is 0.407 e. The van der Waals surface area contributed by atoms with Crippen LogP contribution in [-0.2, 0) is 17.5 Å². The minimum absolute atomic E-state index is 0.0469. The number of nitrogens with zero attached hydrogens (tertiary/aromatic N) is 2. The summed E-state index contributed by atoms with van der Waals surface area (Å²) in [7, 11) is -2.71. The number of hydrogen-bond donors (Lipinski definition) is 2. The highest BCUT2D eigenvalue weighted by Crippen LogP contribution is 2.41. The fourth-order valence-corrected chi connectivity index (χ4v) is 12.7. The first kappa shape index (κ1) is 34.2. The SMILES string of the molecule is CC(C)(C)[Si](O[C@@H]1CCCC[C@H]1COc1ccc2c(CCC3CCN(C(=O)O)CC3)noc2c1CO)(c1ccccc1)c1ccccc1. The third-order valence-corrected chi connectivity index (χ3v) is 15.7. The lowest BCUT2D eigenvalue weighted by Gasteiger charge is -2.47. The number of benzene rings is 3. The molecule has 0 unspecified atom stereocenters. The molecule has 1 aromatic heterocycles. The second kappa shape index (κ2) is 14.8. The Morgan fingerprint density at radius 3 is 2.19 bits per heavy atom. The molecule has 2 atom stereocenters. The third-order valence-electron chi connectivity index (χ3n) is 10.6. The van der Waals surface area contributed by atoms with Crippen LogP contribution in [0.5, 0.6) is 5.75 Å². The number of hydrogen-bond acceptors (Lipinski definition) is 6. The van der Waals surface area contributed by atoms with Crippen LogP contribution in [0.25, 0.3) is 11.0 Å². The number of aliphatic hydroxyl groups excluding tert-OH is 1. The Hall–Kier alpha value is -3.66. The number of carbonyl (C=O) groups is 1. The first-order chi connectivity index (χ1) is 23.2. The van der Waals surface area contributed by atoms with E-state index in [2.05, 4.69) is 86.6 Å². The molecule has 256 valence electrons. The summed E-state index contributed by atoms with van der Waals surface area (Å²) in [6, 6.07) is 25.6. The van der Waals surface area contributed by atoms with Crippen LogP contribution in [0.1, 0.15) is 77.0 Å². The average molecular weight is 671 g/mol. The Bertz CT molecular complexity index is 1610. The van der Waals surface area contributed by atoms with Gasteiger partial charge in [-0.1, -0.05) is 99.4 Å². The minimum atomic E-state index is -2.71. The molecule has 2 fully saturated rings. The van der Waals surface area contributed by atoms with Gasteiger partial charge in [-0.15, -0.1) is 0 Å². The second-order valence-corrected chi connectivity index (χ2v) is 18.9. The van der Waals surface area contributed by atoms with Gasteiger partial charge in [0.05, 0.1) is 30.6 Å². The van der Waals surface area contributed by atoms with Gasteiger partial charge in [-0.05, 0) is 72.0 Å². The Morgan fingerprint density at radius 1 is 0.938 bits per heavy atom. The summed E-state index contributed by atoms with van der Waals surface area (Å²) < 4.78 is 20.0. The van der Waals surface area contributed by atoms with Crippen molar-refractivity contribution in [1.82, 2.24) is 10.1 Å². The van der Waals surface area contributed by atoms with Crippen LogP contribution in [-0.4, -0.2) is 60.5 Å². The molecule has 0 radical (unpaired) electrons. The monoisotopic (exact) mass is 670 g/mol. The largest absolute Gasteiger partial charge is 0.493 e. The Labute approximate surface area is 285 Å². The van der Waals surface area contributed by atoms with Crippen LogP contribution < -0.4 is 15.1 Å². The van der Waals surface area contributed by atoms with Gasteiger partial charge >= 0.3 is 6.09 Å². The number of likely N-dealkylation sites (tertiary alicyclic amines) is 1. The lowest BCUT2D eigenvalue weighted by Crippen LogP contribution is -2.68. The highest BCUT2D eigenvalue weighted by molar-refractivity contribution is 6.99. The lowest BCUT2D eigenvalue weighted by atomic mass is 9.87. The molecular formula is C39H50N2O6Si. The van der Waals surface area contributed by atoms with Crippen molar-refractivity contribution >= 4 is 35.8 Å². The van der Waals surface area contributed by atoms with Crippen molar-refractivity contribution in [3.63, 3.8) is 0 Å². The zero-order valence-electron chi connectivity index (χ0n) is 28.6. The van der Waals surface area contributed by atoms with Crippen LogP contribution >= 0.6 is 0 Å². The summed E-state index contributed by atoms with van der Waals surface area (Å²) in [5, 5.41) is 27.5. The summed E-state index contributed by atoms with van der Waals surface area (Å²) in [6.45, 7) is 8.43. The summed E-state index contributed by atoms with van der Waals surface area (Å²) in [6.07, 6.45) is 6.90. The van der Waals surface area contributed by atoms with Crippen molar-refractivity contribution in [2.45, 2.75) is 89.9 Å². The van der Waals surface area contributed by atoms with Crippen molar-refractivity contribution in [2.24, 2.45) is 11.8 Å². The standard InChI is InChI=1S/C39H50N2O6Si/c1-39(2,3)48(30-13-6-4-7-14-30,31-15-8-5-9-16-31)47-35-17-11-10-12-29(35)27-45-36-21-19-32-34(40-46-37(32)33(36)26-42)20-18-28-22-24-41(25-23-28)38(43)44/h4-9,13-16,19,21,28-29,35,42H,10-12,17-18,20,22-27H2,1-3H3,(H,43,44)/t29-,35+/m0/s1. The minimum Gasteiger partial charge on any atom is -0.493 e. The van der Waals surface area contributed by atoms with Crippen LogP contribution in [0.2, 0.25) is 5.04 Å². The van der Waals surface area contributed by atoms with E-state index < -0.39 is 14.4 Å². The third kappa shape index (κ3) is 7.04. The quantitative estimate of drug-likeness (QED) is 0.163. The lowest BCUT2D eigenvalue weighted by molar-refractivity contribution is 0.0530. The molecule has 1 aliphatic carbocycles. The number of ether oxygens (including phenoxy) is 1. The van der Waals surface area contributed by atoms with Gasteiger partial charge in [-0.3, -0.25) is 0 Å². The van der Waals surface area contributed by atoms with Crippen LogP contribution in [0, 0.1) is 11.8 Å². The first-order valence-corrected chi connectivity index (χ1v) is 19.5. The van der Waals surface area contributed by atoms with Gasteiger partial charge in [-0.2, -0.15) is 0 Å². The molecular weight excluding hydrogens is 621 g/mol. The number of aromatic nitrogens is 1. The Balaban J connectivity index is 1.19. The normalized spacial score (nSPS) is 19.5. The number of fused-ring (bicyclic) bond motifs is 1. The van der Waals surface area contributed by atoms with Crippen LogP contribution in [0.3, 0.4) is 0 Å². The second-order valence-electron chi connectivity index (χ2n) is 14.6. The van der Waals surface area contributed by atoms with E-state index in [-0.39, 0.29) is 23.7 Å². The van der Waals surface area contributed by atoms with Gasteiger partial charge in [0.15, 0.2) is 5.58 Å². The summed E-state index contributed by atoms with van der Waals surface area (Å²) in [5.74, 6) is 1.30. The molecule has 1 saturated heterocycles. The number of carboxylic acid groups (broad SMARTS) is 1. The maximum Gasteiger partial charge on any atom is 0.407 e. The van der Waals surface area contributed by atoms with Crippen molar-refractivity contribution in [3.8, 4) is 5.75 Å². The molecule has 9 heteroatoms. The van der Waals surface area contributed by atoms with E-state index in [1.165, 1.54) is 15.3 Å². The fraction of sp³-hybridized carbons (Fsp3) is 0.487. The average Bonchev–Trinajstić information content (AvgIpc) is 3.52. The topological polar surface area (TPSA) is 105 Å². The van der Waals surface area contributed by atoms with E-state index >= 15 is 0 Å².